The zero-order valence-electron chi connectivity index (χ0n) is 14.2. The summed E-state index contributed by atoms with van der Waals surface area (Å²) in [7, 11) is 0. The van der Waals surface area contributed by atoms with E-state index in [-0.39, 0.29) is 5.91 Å². The second kappa shape index (κ2) is 12.7. The molecule has 2 nitrogen and oxygen atoms in total. The number of benzene rings is 1. The van der Waals surface area contributed by atoms with Crippen LogP contribution in [-0.4, -0.2) is 5.91 Å². The third kappa shape index (κ3) is 9.88. The molecule has 1 aromatic rings. The third-order valence-corrected chi connectivity index (χ3v) is 4.70. The second-order valence-corrected chi connectivity index (χ2v) is 6.92. The van der Waals surface area contributed by atoms with Gasteiger partial charge in [0.15, 0.2) is 0 Å². The molecule has 0 unspecified atom stereocenters. The number of unbranched alkanes of at least 4 members (excludes halogenated alkanes) is 9. The van der Waals surface area contributed by atoms with Crippen molar-refractivity contribution < 1.29 is 4.79 Å². The molecule has 0 bridgehead atoms. The minimum Gasteiger partial charge on any atom is -0.326 e. The summed E-state index contributed by atoms with van der Waals surface area (Å²) in [6, 6.07) is 5.14. The Morgan fingerprint density at radius 2 is 1.43 bits per heavy atom. The standard InChI is InChI=1S/C19H29Cl2NO/c1-2-3-4-5-6-7-8-9-10-11-12-19(23)22-16-13-14-17(20)18(21)15-16/h13-15H,2-12H2,1H3,(H,22,23). The molecule has 0 heterocycles. The van der Waals surface area contributed by atoms with Crippen LogP contribution in [0, 0.1) is 0 Å². The number of halogens is 2. The normalized spacial score (nSPS) is 10.7. The highest BCUT2D eigenvalue weighted by Gasteiger charge is 2.04. The smallest absolute Gasteiger partial charge is 0.224 e. The van der Waals surface area contributed by atoms with Crippen molar-refractivity contribution in [2.45, 2.75) is 77.6 Å². The fourth-order valence-electron chi connectivity index (χ4n) is 2.57. The Hall–Kier alpha value is -0.730. The zero-order valence-corrected chi connectivity index (χ0v) is 15.7. The molecule has 0 aliphatic carbocycles. The molecule has 1 aromatic carbocycles. The molecule has 1 rings (SSSR count). The zero-order chi connectivity index (χ0) is 16.9. The minimum absolute atomic E-state index is 0.0444. The fraction of sp³-hybridized carbons (Fsp3) is 0.632. The van der Waals surface area contributed by atoms with Crippen LogP contribution in [0.15, 0.2) is 18.2 Å². The topological polar surface area (TPSA) is 29.1 Å². The number of hydrogen-bond donors (Lipinski definition) is 1. The molecule has 0 radical (unpaired) electrons. The monoisotopic (exact) mass is 357 g/mol. The van der Waals surface area contributed by atoms with Gasteiger partial charge in [0.1, 0.15) is 0 Å². The van der Waals surface area contributed by atoms with E-state index in [9.17, 15) is 4.79 Å². The van der Waals surface area contributed by atoms with Crippen molar-refractivity contribution in [1.29, 1.82) is 0 Å². The lowest BCUT2D eigenvalue weighted by Crippen LogP contribution is -2.10. The molecule has 0 aromatic heterocycles. The Kier molecular flexibility index (Phi) is 11.2. The van der Waals surface area contributed by atoms with E-state index in [4.69, 9.17) is 23.2 Å². The summed E-state index contributed by atoms with van der Waals surface area (Å²) >= 11 is 11.8. The van der Waals surface area contributed by atoms with Gasteiger partial charge >= 0.3 is 0 Å². The molecule has 0 saturated heterocycles. The van der Waals surface area contributed by atoms with Crippen molar-refractivity contribution in [2.24, 2.45) is 0 Å². The minimum atomic E-state index is 0.0444. The van der Waals surface area contributed by atoms with Gasteiger partial charge in [-0.3, -0.25) is 4.79 Å². The van der Waals surface area contributed by atoms with Gasteiger partial charge in [0.25, 0.3) is 0 Å². The van der Waals surface area contributed by atoms with Gasteiger partial charge in [-0.15, -0.1) is 0 Å². The van der Waals surface area contributed by atoms with E-state index in [2.05, 4.69) is 12.2 Å². The predicted molar refractivity (Wildman–Crippen MR) is 102 cm³/mol. The van der Waals surface area contributed by atoms with E-state index < -0.39 is 0 Å². The van der Waals surface area contributed by atoms with Crippen molar-refractivity contribution in [3.05, 3.63) is 28.2 Å². The molecular weight excluding hydrogens is 329 g/mol. The van der Waals surface area contributed by atoms with E-state index in [0.717, 1.165) is 12.8 Å². The van der Waals surface area contributed by atoms with Gasteiger partial charge in [-0.25, -0.2) is 0 Å². The van der Waals surface area contributed by atoms with Crippen molar-refractivity contribution in [3.63, 3.8) is 0 Å². The van der Waals surface area contributed by atoms with Crippen LogP contribution < -0.4 is 5.32 Å². The van der Waals surface area contributed by atoms with Crippen LogP contribution in [0.5, 0.6) is 0 Å². The fourth-order valence-corrected chi connectivity index (χ4v) is 2.87. The quantitative estimate of drug-likeness (QED) is 0.392. The number of carbonyl (C=O) groups excluding carboxylic acids is 1. The Morgan fingerprint density at radius 3 is 2.00 bits per heavy atom. The Balaban J connectivity index is 2.01. The predicted octanol–water partition coefficient (Wildman–Crippen LogP) is 7.24. The number of anilines is 1. The van der Waals surface area contributed by atoms with Crippen molar-refractivity contribution in [3.8, 4) is 0 Å². The molecule has 0 fully saturated rings. The van der Waals surface area contributed by atoms with Gasteiger partial charge in [-0.05, 0) is 24.6 Å². The van der Waals surface area contributed by atoms with Crippen LogP contribution in [-0.2, 0) is 4.79 Å². The maximum absolute atomic E-state index is 11.9. The summed E-state index contributed by atoms with van der Waals surface area (Å²) in [5.74, 6) is 0.0444. The van der Waals surface area contributed by atoms with Crippen LogP contribution in [0.25, 0.3) is 0 Å². The lowest BCUT2D eigenvalue weighted by atomic mass is 10.1. The molecule has 0 aliphatic rings. The van der Waals surface area contributed by atoms with Gasteiger partial charge in [-0.1, -0.05) is 87.9 Å². The third-order valence-electron chi connectivity index (χ3n) is 3.96. The van der Waals surface area contributed by atoms with Gasteiger partial charge < -0.3 is 5.32 Å². The van der Waals surface area contributed by atoms with Crippen LogP contribution >= 0.6 is 23.2 Å². The lowest BCUT2D eigenvalue weighted by molar-refractivity contribution is -0.116. The van der Waals surface area contributed by atoms with Crippen LogP contribution in [0.2, 0.25) is 10.0 Å². The van der Waals surface area contributed by atoms with Crippen LogP contribution in [0.3, 0.4) is 0 Å². The summed E-state index contributed by atoms with van der Waals surface area (Å²) in [5.41, 5.74) is 0.705. The average molecular weight is 358 g/mol. The first-order valence-electron chi connectivity index (χ1n) is 8.88. The summed E-state index contributed by atoms with van der Waals surface area (Å²) in [6.45, 7) is 2.25. The van der Waals surface area contributed by atoms with Crippen LogP contribution in [0.4, 0.5) is 5.69 Å². The molecular formula is C19H29Cl2NO. The molecule has 0 spiro atoms. The highest BCUT2D eigenvalue weighted by atomic mass is 35.5. The summed E-state index contributed by atoms with van der Waals surface area (Å²) < 4.78 is 0. The second-order valence-electron chi connectivity index (χ2n) is 6.11. The largest absolute Gasteiger partial charge is 0.326 e. The number of amides is 1. The van der Waals surface area contributed by atoms with Gasteiger partial charge in [0.05, 0.1) is 10.0 Å². The van der Waals surface area contributed by atoms with E-state index in [1.807, 2.05) is 0 Å². The first-order valence-corrected chi connectivity index (χ1v) is 9.64. The van der Waals surface area contributed by atoms with Crippen molar-refractivity contribution in [2.75, 3.05) is 5.32 Å². The number of carbonyl (C=O) groups is 1. The van der Waals surface area contributed by atoms with Crippen molar-refractivity contribution in [1.82, 2.24) is 0 Å². The molecule has 0 aliphatic heterocycles. The SMILES string of the molecule is CCCCCCCCCCCCC(=O)Nc1ccc(Cl)c(Cl)c1. The Morgan fingerprint density at radius 1 is 0.870 bits per heavy atom. The highest BCUT2D eigenvalue weighted by molar-refractivity contribution is 6.42. The molecule has 4 heteroatoms. The van der Waals surface area contributed by atoms with Gasteiger partial charge in [0, 0.05) is 12.1 Å². The highest BCUT2D eigenvalue weighted by Crippen LogP contribution is 2.25. The van der Waals surface area contributed by atoms with E-state index in [1.54, 1.807) is 18.2 Å². The summed E-state index contributed by atoms with van der Waals surface area (Å²) in [5, 5.41) is 3.82. The molecule has 0 atom stereocenters. The van der Waals surface area contributed by atoms with Gasteiger partial charge in [0.2, 0.25) is 5.91 Å². The maximum atomic E-state index is 11.9. The Bertz CT molecular complexity index is 463. The first-order chi connectivity index (χ1) is 11.1. The first kappa shape index (κ1) is 20.3. The summed E-state index contributed by atoms with van der Waals surface area (Å²) in [4.78, 5) is 11.9. The molecule has 1 N–H and O–H groups in total. The maximum Gasteiger partial charge on any atom is 0.224 e. The van der Waals surface area contributed by atoms with Gasteiger partial charge in [-0.2, -0.15) is 0 Å². The molecule has 23 heavy (non-hydrogen) atoms. The number of nitrogens with one attached hydrogen (secondary N) is 1. The Labute approximate surface area is 150 Å². The molecule has 130 valence electrons. The average Bonchev–Trinajstić information content (AvgIpc) is 2.53. The molecule has 1 amide bonds. The van der Waals surface area contributed by atoms with E-state index in [0.29, 0.717) is 22.2 Å². The molecule has 0 saturated carbocycles. The van der Waals surface area contributed by atoms with Crippen molar-refractivity contribution >= 4 is 34.8 Å². The summed E-state index contributed by atoms with van der Waals surface area (Å²) in [6.07, 6.45) is 13.3. The van der Waals surface area contributed by atoms with E-state index in [1.165, 1.54) is 51.4 Å². The number of rotatable bonds is 12. The van der Waals surface area contributed by atoms with E-state index >= 15 is 0 Å². The number of hydrogen-bond acceptors (Lipinski definition) is 1. The van der Waals surface area contributed by atoms with Crippen LogP contribution in [0.1, 0.15) is 77.6 Å². The lowest BCUT2D eigenvalue weighted by Gasteiger charge is -2.06.